The molecule has 2 rings (SSSR count). The van der Waals surface area contributed by atoms with E-state index in [0.29, 0.717) is 0 Å². The monoisotopic (exact) mass is 527 g/mol. The number of phosphoric ester groups is 1. The maximum Gasteiger partial charge on any atom is 0.490 e. The number of rotatable bonds is 10. The van der Waals surface area contributed by atoms with Gasteiger partial charge in [-0.25, -0.2) is 23.7 Å². The van der Waals surface area contributed by atoms with Crippen LogP contribution in [0.2, 0.25) is 0 Å². The van der Waals surface area contributed by atoms with Crippen molar-refractivity contribution in [1.29, 1.82) is 0 Å². The van der Waals surface area contributed by atoms with Crippen LogP contribution < -0.4 is 11.1 Å². The fourth-order valence-corrected chi connectivity index (χ4v) is 5.32. The molecule has 2 unspecified atom stereocenters. The third-order valence-corrected chi connectivity index (χ3v) is 7.30. The SMILES string of the molecule is Nc1ncnc(N[C@@H]2O[C@H](COP(=O)(O)OP(=O)(O)OP(=O)(O)O)[C@@H](O)[C@H]2O)c1[N+](=O)[O-]. The number of hydrogen-bond acceptors (Lipinski definition) is 15. The van der Waals surface area contributed by atoms with E-state index >= 15 is 0 Å². The Morgan fingerprint density at radius 3 is 2.31 bits per heavy atom. The second-order valence-corrected chi connectivity index (χ2v) is 10.2. The van der Waals surface area contributed by atoms with Crippen LogP contribution in [0.25, 0.3) is 0 Å². The maximum atomic E-state index is 11.7. The van der Waals surface area contributed by atoms with Crippen LogP contribution in [0.15, 0.2) is 6.33 Å². The molecule has 1 aliphatic heterocycles. The van der Waals surface area contributed by atoms with Gasteiger partial charge in [-0.05, 0) is 0 Å². The first kappa shape index (κ1) is 26.6. The Morgan fingerprint density at radius 1 is 1.12 bits per heavy atom. The van der Waals surface area contributed by atoms with Crippen molar-refractivity contribution in [1.82, 2.24) is 9.97 Å². The zero-order valence-electron chi connectivity index (χ0n) is 15.2. The molecule has 1 fully saturated rings. The normalized spacial score (nSPS) is 27.4. The number of hydrogen-bond donors (Lipinski definition) is 8. The summed E-state index contributed by atoms with van der Waals surface area (Å²) in [7, 11) is -16.9. The molecule has 20 nitrogen and oxygen atoms in total. The fourth-order valence-electron chi connectivity index (χ4n) is 2.29. The van der Waals surface area contributed by atoms with Crippen molar-refractivity contribution < 1.29 is 66.3 Å². The third kappa shape index (κ3) is 7.19. The van der Waals surface area contributed by atoms with E-state index in [1.807, 2.05) is 0 Å². The highest BCUT2D eigenvalue weighted by molar-refractivity contribution is 7.66. The van der Waals surface area contributed by atoms with Gasteiger partial charge in [0.15, 0.2) is 6.23 Å². The number of aliphatic hydroxyl groups is 2. The Bertz CT molecular complexity index is 1000. The van der Waals surface area contributed by atoms with Gasteiger partial charge in [-0.2, -0.15) is 8.62 Å². The molecule has 0 aliphatic carbocycles. The number of nitrogen functional groups attached to an aromatic ring is 1. The number of nitro groups is 1. The molecule has 9 N–H and O–H groups in total. The quantitative estimate of drug-likeness (QED) is 0.0941. The molecule has 0 bridgehead atoms. The van der Waals surface area contributed by atoms with Crippen molar-refractivity contribution in [2.24, 2.45) is 0 Å². The number of aliphatic hydroxyl groups excluding tert-OH is 2. The van der Waals surface area contributed by atoms with Crippen LogP contribution in [0.4, 0.5) is 17.3 Å². The van der Waals surface area contributed by atoms with Crippen LogP contribution in [-0.4, -0.2) is 75.8 Å². The zero-order chi connectivity index (χ0) is 24.5. The molecule has 6 atom stereocenters. The van der Waals surface area contributed by atoms with E-state index in [2.05, 4.69) is 28.4 Å². The van der Waals surface area contributed by atoms with Gasteiger partial charge >= 0.3 is 29.2 Å². The second kappa shape index (κ2) is 9.70. The lowest BCUT2D eigenvalue weighted by Gasteiger charge is -2.19. The first-order chi connectivity index (χ1) is 14.5. The summed E-state index contributed by atoms with van der Waals surface area (Å²) in [5.41, 5.74) is 4.62. The smallest absolute Gasteiger partial charge is 0.387 e. The molecule has 0 aromatic carbocycles. The van der Waals surface area contributed by atoms with Crippen molar-refractivity contribution >= 4 is 40.8 Å². The van der Waals surface area contributed by atoms with Gasteiger partial charge in [-0.3, -0.25) is 14.6 Å². The van der Waals surface area contributed by atoms with Gasteiger partial charge in [0, 0.05) is 0 Å². The largest absolute Gasteiger partial charge is 0.490 e. The van der Waals surface area contributed by atoms with Gasteiger partial charge in [-0.1, -0.05) is 0 Å². The Labute approximate surface area is 176 Å². The average Bonchev–Trinajstić information content (AvgIpc) is 2.84. The molecule has 2 heterocycles. The number of nitrogens with zero attached hydrogens (tertiary/aromatic N) is 3. The molecule has 0 spiro atoms. The van der Waals surface area contributed by atoms with E-state index in [0.717, 1.165) is 6.33 Å². The summed E-state index contributed by atoms with van der Waals surface area (Å²) in [5, 5.41) is 33.4. The molecular formula is C9H16N5O15P3. The minimum Gasteiger partial charge on any atom is -0.387 e. The highest BCUT2D eigenvalue weighted by atomic mass is 31.3. The van der Waals surface area contributed by atoms with Crippen molar-refractivity contribution in [2.45, 2.75) is 24.5 Å². The highest BCUT2D eigenvalue weighted by Gasteiger charge is 2.46. The van der Waals surface area contributed by atoms with Gasteiger partial charge in [-0.15, -0.1) is 0 Å². The predicted octanol–water partition coefficient (Wildman–Crippen LogP) is -1.83. The summed E-state index contributed by atoms with van der Waals surface area (Å²) in [4.78, 5) is 52.6. The molecule has 0 radical (unpaired) electrons. The van der Waals surface area contributed by atoms with Gasteiger partial charge < -0.3 is 45.6 Å². The van der Waals surface area contributed by atoms with Gasteiger partial charge in [0.1, 0.15) is 24.6 Å². The Kier molecular flexibility index (Phi) is 8.07. The van der Waals surface area contributed by atoms with E-state index < -0.39 is 76.9 Å². The lowest BCUT2D eigenvalue weighted by Crippen LogP contribution is -2.37. The minimum atomic E-state index is -5.76. The van der Waals surface area contributed by atoms with Gasteiger partial charge in [0.05, 0.1) is 11.5 Å². The maximum absolute atomic E-state index is 11.7. The Balaban J connectivity index is 2.04. The molecule has 23 heteroatoms. The topological polar surface area (TPSA) is 316 Å². The Hall–Kier alpha value is -1.63. The van der Waals surface area contributed by atoms with Crippen LogP contribution in [-0.2, 0) is 31.6 Å². The third-order valence-electron chi connectivity index (χ3n) is 3.49. The van der Waals surface area contributed by atoms with E-state index in [-0.39, 0.29) is 0 Å². The highest BCUT2D eigenvalue weighted by Crippen LogP contribution is 2.66. The molecule has 32 heavy (non-hydrogen) atoms. The summed E-state index contributed by atoms with van der Waals surface area (Å²) in [5.74, 6) is -1.02. The molecule has 1 aromatic heterocycles. The van der Waals surface area contributed by atoms with Crippen molar-refractivity contribution in [2.75, 3.05) is 17.7 Å². The molecule has 182 valence electrons. The standard InChI is InChI=1S/C9H16N5O15P3/c10-7-4(14(17)18)8(12-2-11-7)13-9-6(16)5(15)3(27-9)1-26-31(22,23)29-32(24,25)28-30(19,20)21/h2-3,5-6,9,15-16H,1H2,(H,22,23)(H,24,25)(H2,19,20,21)(H3,10,11,12,13)/t3-,5-,6-,9-/m1/s1. The van der Waals surface area contributed by atoms with Crippen molar-refractivity contribution in [3.63, 3.8) is 0 Å². The number of nitrogens with two attached hydrogens (primary N) is 1. The van der Waals surface area contributed by atoms with Crippen LogP contribution >= 0.6 is 23.5 Å². The first-order valence-corrected chi connectivity index (χ1v) is 12.3. The summed E-state index contributed by atoms with van der Waals surface area (Å²) < 4.78 is 50.0. The molecule has 1 aliphatic rings. The molecule has 0 amide bonds. The zero-order valence-corrected chi connectivity index (χ0v) is 17.9. The fraction of sp³-hybridized carbons (Fsp3) is 0.556. The summed E-state index contributed by atoms with van der Waals surface area (Å²) in [6.07, 6.45) is -5.94. The van der Waals surface area contributed by atoms with Crippen molar-refractivity contribution in [3.05, 3.63) is 16.4 Å². The number of phosphoric acid groups is 3. The lowest BCUT2D eigenvalue weighted by atomic mass is 10.1. The van der Waals surface area contributed by atoms with Crippen LogP contribution in [0.3, 0.4) is 0 Å². The van der Waals surface area contributed by atoms with Crippen molar-refractivity contribution in [3.8, 4) is 0 Å². The summed E-state index contributed by atoms with van der Waals surface area (Å²) in [6, 6.07) is 0. The number of nitrogens with one attached hydrogen (secondary N) is 1. The average molecular weight is 527 g/mol. The van der Waals surface area contributed by atoms with Crippen LogP contribution in [0, 0.1) is 10.1 Å². The first-order valence-electron chi connectivity index (χ1n) is 7.83. The lowest BCUT2D eigenvalue weighted by molar-refractivity contribution is -0.383. The predicted molar refractivity (Wildman–Crippen MR) is 97.2 cm³/mol. The number of aromatic nitrogens is 2. The molecule has 1 aromatic rings. The molecule has 0 saturated carbocycles. The number of anilines is 2. The number of ether oxygens (including phenoxy) is 1. The van der Waals surface area contributed by atoms with Crippen LogP contribution in [0.5, 0.6) is 0 Å². The minimum absolute atomic E-state index is 0.493. The second-order valence-electron chi connectivity index (χ2n) is 5.82. The van der Waals surface area contributed by atoms with Gasteiger partial charge in [0.2, 0.25) is 11.6 Å². The van der Waals surface area contributed by atoms with Crippen LogP contribution in [0.1, 0.15) is 0 Å². The molecule has 1 saturated heterocycles. The summed E-state index contributed by atoms with van der Waals surface area (Å²) >= 11 is 0. The van der Waals surface area contributed by atoms with E-state index in [1.54, 1.807) is 0 Å². The summed E-state index contributed by atoms with van der Waals surface area (Å²) in [6.45, 7) is -1.08. The molecular weight excluding hydrogens is 511 g/mol. The van der Waals surface area contributed by atoms with E-state index in [1.165, 1.54) is 0 Å². The van der Waals surface area contributed by atoms with E-state index in [9.17, 15) is 38.9 Å². The van der Waals surface area contributed by atoms with Gasteiger partial charge in [0.25, 0.3) is 0 Å². The van der Waals surface area contributed by atoms with E-state index in [4.69, 9.17) is 25.2 Å². The Morgan fingerprint density at radius 2 is 1.75 bits per heavy atom.